The molecular formula is C34H40ClN7O3. The van der Waals surface area contributed by atoms with Crippen molar-refractivity contribution in [3.8, 4) is 12.1 Å². The first-order valence-corrected chi connectivity index (χ1v) is 15.8. The minimum Gasteiger partial charge on any atom is -0.463 e. The highest BCUT2D eigenvalue weighted by molar-refractivity contribution is 6.36. The molecule has 2 aromatic carbocycles. The molecule has 3 aliphatic heterocycles. The lowest BCUT2D eigenvalue weighted by Gasteiger charge is -2.43. The lowest BCUT2D eigenvalue weighted by atomic mass is 9.86. The van der Waals surface area contributed by atoms with Crippen LogP contribution >= 0.6 is 11.6 Å². The number of aromatic nitrogens is 2. The number of fused-ring (bicyclic) bond motifs is 2. The molecule has 0 spiro atoms. The molecule has 4 heterocycles. The summed E-state index contributed by atoms with van der Waals surface area (Å²) in [7, 11) is 4.11. The van der Waals surface area contributed by atoms with E-state index in [0.29, 0.717) is 52.0 Å². The van der Waals surface area contributed by atoms with Crippen LogP contribution in [0.15, 0.2) is 49.1 Å². The first-order chi connectivity index (χ1) is 21.7. The van der Waals surface area contributed by atoms with Crippen LogP contribution in [0.5, 0.6) is 6.01 Å². The summed E-state index contributed by atoms with van der Waals surface area (Å²) in [4.78, 5) is 31.1. The van der Waals surface area contributed by atoms with Crippen LogP contribution in [0.2, 0.25) is 5.02 Å². The highest BCUT2D eigenvalue weighted by atomic mass is 35.5. The number of nitrogens with zero attached hydrogens (tertiary/aromatic N) is 7. The van der Waals surface area contributed by atoms with Crippen LogP contribution in [0.25, 0.3) is 10.8 Å². The summed E-state index contributed by atoms with van der Waals surface area (Å²) >= 11 is 6.75. The van der Waals surface area contributed by atoms with Gasteiger partial charge in [-0.2, -0.15) is 15.2 Å². The van der Waals surface area contributed by atoms with E-state index >= 15 is 0 Å². The summed E-state index contributed by atoms with van der Waals surface area (Å²) in [5, 5.41) is 12.4. The molecule has 0 radical (unpaired) electrons. The number of amides is 1. The number of rotatable bonds is 9. The fourth-order valence-electron chi connectivity index (χ4n) is 6.96. The van der Waals surface area contributed by atoms with E-state index < -0.39 is 0 Å². The van der Waals surface area contributed by atoms with Gasteiger partial charge in [-0.25, -0.2) is 0 Å². The van der Waals surface area contributed by atoms with Gasteiger partial charge in [-0.1, -0.05) is 42.4 Å². The number of hydrogen-bond acceptors (Lipinski definition) is 9. The average molecular weight is 630 g/mol. The zero-order valence-corrected chi connectivity index (χ0v) is 27.0. The van der Waals surface area contributed by atoms with Crippen molar-refractivity contribution in [3.63, 3.8) is 0 Å². The van der Waals surface area contributed by atoms with Gasteiger partial charge in [0.05, 0.1) is 54.4 Å². The van der Waals surface area contributed by atoms with Crippen LogP contribution in [0.3, 0.4) is 0 Å². The quantitative estimate of drug-likeness (QED) is 0.321. The van der Waals surface area contributed by atoms with E-state index in [1.807, 2.05) is 12.1 Å². The SMILES string of the molecule is C=CC(=O)N1CCN(c2nc(OCC3(CN(C)C)COC3)nc3c2C[C@@H](C)N(c2cccc4cccc(Cl)c24)C3)CC1CC#N. The van der Waals surface area contributed by atoms with Gasteiger partial charge in [0.2, 0.25) is 5.91 Å². The highest BCUT2D eigenvalue weighted by Gasteiger charge is 2.41. The molecule has 3 aromatic rings. The van der Waals surface area contributed by atoms with E-state index in [0.717, 1.165) is 51.5 Å². The molecule has 10 nitrogen and oxygen atoms in total. The first-order valence-electron chi connectivity index (χ1n) is 15.5. The van der Waals surface area contributed by atoms with Gasteiger partial charge in [-0.15, -0.1) is 0 Å². The van der Waals surface area contributed by atoms with Gasteiger partial charge in [-0.3, -0.25) is 4.79 Å². The second-order valence-corrected chi connectivity index (χ2v) is 13.2. The lowest BCUT2D eigenvalue weighted by molar-refractivity contribution is -0.140. The van der Waals surface area contributed by atoms with Crippen LogP contribution in [-0.4, -0.2) is 97.9 Å². The molecule has 0 bridgehead atoms. The Morgan fingerprint density at radius 1 is 1.24 bits per heavy atom. The van der Waals surface area contributed by atoms with Gasteiger partial charge < -0.3 is 29.1 Å². The van der Waals surface area contributed by atoms with Crippen molar-refractivity contribution < 1.29 is 14.3 Å². The molecule has 3 aliphatic rings. The van der Waals surface area contributed by atoms with E-state index in [2.05, 4.69) is 72.6 Å². The summed E-state index contributed by atoms with van der Waals surface area (Å²) in [6, 6.07) is 14.7. The Bertz CT molecular complexity index is 1630. The maximum absolute atomic E-state index is 12.6. The highest BCUT2D eigenvalue weighted by Crippen LogP contribution is 2.39. The molecule has 1 unspecified atom stereocenters. The van der Waals surface area contributed by atoms with E-state index in [1.165, 1.54) is 6.08 Å². The second-order valence-electron chi connectivity index (χ2n) is 12.8. The standard InChI is InChI=1S/C34H40ClN7O3/c1-5-30(43)41-15-14-40(17-25(41)12-13-36)32-26-16-23(2)42(29-11-7-9-24-8-6-10-27(35)31(24)29)18-28(26)37-33(38-32)45-22-34(19-39(3)4)20-44-21-34/h5-11,23,25H,1,12,14-22H2,2-4H3/t23-,25?/m1/s1. The lowest BCUT2D eigenvalue weighted by Crippen LogP contribution is -2.55. The van der Waals surface area contributed by atoms with Crippen molar-refractivity contribution in [2.45, 2.75) is 38.4 Å². The number of piperazine rings is 1. The van der Waals surface area contributed by atoms with Gasteiger partial charge in [0.15, 0.2) is 0 Å². The molecule has 1 amide bonds. The topological polar surface area (TPSA) is 98.1 Å². The van der Waals surface area contributed by atoms with E-state index in [1.54, 1.807) is 4.90 Å². The predicted octanol–water partition coefficient (Wildman–Crippen LogP) is 4.31. The third-order valence-electron chi connectivity index (χ3n) is 9.09. The Labute approximate surface area is 269 Å². The third-order valence-corrected chi connectivity index (χ3v) is 9.40. The molecule has 236 valence electrons. The van der Waals surface area contributed by atoms with Crippen molar-refractivity contribution >= 4 is 39.8 Å². The van der Waals surface area contributed by atoms with Gasteiger partial charge in [-0.05, 0) is 51.0 Å². The summed E-state index contributed by atoms with van der Waals surface area (Å²) in [6.45, 7) is 10.5. The van der Waals surface area contributed by atoms with Gasteiger partial charge in [0.25, 0.3) is 0 Å². The average Bonchev–Trinajstić information content (AvgIpc) is 3.01. The van der Waals surface area contributed by atoms with Crippen LogP contribution in [-0.2, 0) is 22.5 Å². The van der Waals surface area contributed by atoms with Gasteiger partial charge >= 0.3 is 6.01 Å². The monoisotopic (exact) mass is 629 g/mol. The normalized spacial score (nSPS) is 20.8. The number of halogens is 1. The Balaban J connectivity index is 1.37. The second kappa shape index (κ2) is 12.8. The fraction of sp³-hybridized carbons (Fsp3) is 0.471. The summed E-state index contributed by atoms with van der Waals surface area (Å²) in [5.41, 5.74) is 2.94. The van der Waals surface area contributed by atoms with Crippen molar-refractivity contribution in [2.75, 3.05) is 69.9 Å². The largest absolute Gasteiger partial charge is 0.463 e. The zero-order chi connectivity index (χ0) is 31.7. The molecule has 1 aromatic heterocycles. The number of hydrogen-bond donors (Lipinski definition) is 0. The molecule has 45 heavy (non-hydrogen) atoms. The number of carbonyl (C=O) groups excluding carboxylic acids is 1. The number of nitriles is 1. The molecule has 2 saturated heterocycles. The molecule has 6 rings (SSSR count). The van der Waals surface area contributed by atoms with Crippen molar-refractivity contribution in [1.29, 1.82) is 5.26 Å². The fourth-order valence-corrected chi connectivity index (χ4v) is 7.24. The van der Waals surface area contributed by atoms with E-state index in [9.17, 15) is 10.1 Å². The minimum atomic E-state index is -0.268. The molecule has 2 atom stereocenters. The predicted molar refractivity (Wildman–Crippen MR) is 176 cm³/mol. The van der Waals surface area contributed by atoms with Crippen LogP contribution in [0.4, 0.5) is 11.5 Å². The summed E-state index contributed by atoms with van der Waals surface area (Å²) in [6.07, 6.45) is 2.27. The van der Waals surface area contributed by atoms with Crippen molar-refractivity contribution in [3.05, 3.63) is 65.3 Å². The van der Waals surface area contributed by atoms with Gasteiger partial charge in [0, 0.05) is 48.9 Å². The first kappa shape index (κ1) is 31.1. The van der Waals surface area contributed by atoms with E-state index in [4.69, 9.17) is 31.0 Å². The molecule has 0 N–H and O–H groups in total. The molecular weight excluding hydrogens is 590 g/mol. The number of anilines is 2. The zero-order valence-electron chi connectivity index (χ0n) is 26.2. The Hall–Kier alpha value is -3.91. The third kappa shape index (κ3) is 6.17. The van der Waals surface area contributed by atoms with Crippen molar-refractivity contribution in [1.82, 2.24) is 19.8 Å². The van der Waals surface area contributed by atoms with Crippen LogP contribution in [0, 0.1) is 16.7 Å². The smallest absolute Gasteiger partial charge is 0.318 e. The number of ether oxygens (including phenoxy) is 2. The maximum atomic E-state index is 12.6. The molecule has 0 saturated carbocycles. The molecule has 0 aliphatic carbocycles. The van der Waals surface area contributed by atoms with Crippen LogP contribution in [0.1, 0.15) is 24.6 Å². The maximum Gasteiger partial charge on any atom is 0.318 e. The number of carbonyl (C=O) groups is 1. The van der Waals surface area contributed by atoms with E-state index in [-0.39, 0.29) is 29.8 Å². The van der Waals surface area contributed by atoms with Gasteiger partial charge in [0.1, 0.15) is 12.4 Å². The van der Waals surface area contributed by atoms with Crippen molar-refractivity contribution in [2.24, 2.45) is 5.41 Å². The molecule has 11 heteroatoms. The minimum absolute atomic E-state index is 0.113. The molecule has 2 fully saturated rings. The Morgan fingerprint density at radius 2 is 2.02 bits per heavy atom. The van der Waals surface area contributed by atoms with Crippen LogP contribution < -0.4 is 14.5 Å². The Kier molecular flexibility index (Phi) is 8.87. The number of benzene rings is 2. The summed E-state index contributed by atoms with van der Waals surface area (Å²) < 4.78 is 12.0. The summed E-state index contributed by atoms with van der Waals surface area (Å²) in [5.74, 6) is 0.660. The Morgan fingerprint density at radius 3 is 2.71 bits per heavy atom.